The van der Waals surface area contributed by atoms with Crippen LogP contribution >= 0.6 is 31.9 Å². The first-order valence-electron chi connectivity index (χ1n) is 4.03. The Labute approximate surface area is 110 Å². The monoisotopic (exact) mass is 377 g/mol. The molecule has 0 aliphatic heterocycles. The maximum atomic E-state index is 12.1. The van der Waals surface area contributed by atoms with E-state index in [4.69, 9.17) is 0 Å². The number of hydrogen-bond acceptors (Lipinski definition) is 3. The minimum absolute atomic E-state index is 0.126. The van der Waals surface area contributed by atoms with Crippen molar-refractivity contribution in [3.8, 4) is 5.75 Å². The minimum atomic E-state index is -4.98. The number of rotatable bonds is 3. The Hall–Kier alpha value is -0.830. The minimum Gasteiger partial charge on any atom is -0.397 e. The fourth-order valence-electron chi connectivity index (χ4n) is 1.06. The third-order valence-corrected chi connectivity index (χ3v) is 2.89. The largest absolute Gasteiger partial charge is 0.573 e. The lowest BCUT2D eigenvalue weighted by molar-refractivity contribution is -0.388. The van der Waals surface area contributed by atoms with E-state index in [1.165, 1.54) is 6.07 Å². The number of halogens is 5. The Bertz CT molecular complexity index is 450. The molecule has 0 spiro atoms. The molecule has 9 heteroatoms. The fraction of sp³-hybridized carbons (Fsp3) is 0.250. The molecule has 0 atom stereocenters. The molecular formula is C8H4Br2F3NO3. The molecule has 0 amide bonds. The van der Waals surface area contributed by atoms with Crippen LogP contribution in [-0.4, -0.2) is 11.3 Å². The first-order chi connectivity index (χ1) is 7.74. The van der Waals surface area contributed by atoms with Gasteiger partial charge in [0, 0.05) is 11.4 Å². The third kappa shape index (κ3) is 3.84. The molecule has 0 radical (unpaired) electrons. The highest BCUT2D eigenvalue weighted by Gasteiger charge is 2.35. The lowest BCUT2D eigenvalue weighted by atomic mass is 10.2. The second-order valence-corrected chi connectivity index (χ2v) is 4.28. The average molecular weight is 379 g/mol. The van der Waals surface area contributed by atoms with Crippen molar-refractivity contribution in [1.82, 2.24) is 0 Å². The molecule has 0 unspecified atom stereocenters. The molecule has 0 aliphatic carbocycles. The topological polar surface area (TPSA) is 52.4 Å². The summed E-state index contributed by atoms with van der Waals surface area (Å²) >= 11 is 5.86. The first kappa shape index (κ1) is 14.2. The molecule has 0 saturated carbocycles. The van der Waals surface area contributed by atoms with Gasteiger partial charge in [0.2, 0.25) is 5.75 Å². The first-order valence-corrected chi connectivity index (χ1v) is 5.94. The number of nitrogens with zero attached hydrogens (tertiary/aromatic N) is 1. The Morgan fingerprint density at radius 2 is 2.00 bits per heavy atom. The van der Waals surface area contributed by atoms with Crippen molar-refractivity contribution >= 4 is 37.5 Å². The molecule has 0 saturated heterocycles. The van der Waals surface area contributed by atoms with Crippen LogP contribution in [0.4, 0.5) is 18.9 Å². The van der Waals surface area contributed by atoms with Gasteiger partial charge < -0.3 is 4.74 Å². The molecule has 1 aromatic carbocycles. The lowest BCUT2D eigenvalue weighted by Crippen LogP contribution is -2.18. The summed E-state index contributed by atoms with van der Waals surface area (Å²) in [4.78, 5) is 9.72. The van der Waals surface area contributed by atoms with Crippen LogP contribution in [-0.2, 0) is 5.33 Å². The third-order valence-electron chi connectivity index (χ3n) is 1.65. The van der Waals surface area contributed by atoms with Crippen molar-refractivity contribution in [2.45, 2.75) is 11.7 Å². The van der Waals surface area contributed by atoms with Crippen LogP contribution in [0.1, 0.15) is 5.56 Å². The number of ether oxygens (including phenoxy) is 1. The highest BCUT2D eigenvalue weighted by atomic mass is 79.9. The number of hydrogen-bond donors (Lipinski definition) is 0. The van der Waals surface area contributed by atoms with Crippen LogP contribution in [0.2, 0.25) is 0 Å². The van der Waals surface area contributed by atoms with E-state index >= 15 is 0 Å². The van der Waals surface area contributed by atoms with Crippen LogP contribution in [0.3, 0.4) is 0 Å². The molecule has 4 nitrogen and oxygen atoms in total. The van der Waals surface area contributed by atoms with Gasteiger partial charge in [-0.15, -0.1) is 13.2 Å². The Morgan fingerprint density at radius 3 is 2.41 bits per heavy atom. The summed E-state index contributed by atoms with van der Waals surface area (Å²) in [6.07, 6.45) is -4.98. The van der Waals surface area contributed by atoms with Crippen molar-refractivity contribution in [2.75, 3.05) is 0 Å². The number of nitro benzene ring substituents is 1. The SMILES string of the molecule is O=[N+]([O-])c1cc(CBr)cc(Br)c1OC(F)(F)F. The smallest absolute Gasteiger partial charge is 0.397 e. The van der Waals surface area contributed by atoms with Crippen LogP contribution in [0.15, 0.2) is 16.6 Å². The highest BCUT2D eigenvalue weighted by Crippen LogP contribution is 2.39. The zero-order valence-electron chi connectivity index (χ0n) is 7.92. The summed E-state index contributed by atoms with van der Waals surface area (Å²) in [5.41, 5.74) is -0.288. The summed E-state index contributed by atoms with van der Waals surface area (Å²) < 4.78 is 39.7. The molecule has 1 aromatic rings. The summed E-state index contributed by atoms with van der Waals surface area (Å²) in [6.45, 7) is 0. The molecular weight excluding hydrogens is 375 g/mol. The van der Waals surface area contributed by atoms with Gasteiger partial charge in [0.05, 0.1) is 9.40 Å². The molecule has 1 rings (SSSR count). The summed E-state index contributed by atoms with van der Waals surface area (Å²) in [7, 11) is 0. The molecule has 0 bridgehead atoms. The van der Waals surface area contributed by atoms with E-state index in [1.807, 2.05) is 0 Å². The van der Waals surface area contributed by atoms with Crippen LogP contribution in [0.5, 0.6) is 5.75 Å². The number of alkyl halides is 4. The van der Waals surface area contributed by atoms with E-state index in [0.29, 0.717) is 5.56 Å². The van der Waals surface area contributed by atoms with Gasteiger partial charge in [-0.1, -0.05) is 15.9 Å². The van der Waals surface area contributed by atoms with Gasteiger partial charge in [-0.25, -0.2) is 0 Å². The van der Waals surface area contributed by atoms with E-state index in [1.54, 1.807) is 0 Å². The number of benzene rings is 1. The highest BCUT2D eigenvalue weighted by molar-refractivity contribution is 9.10. The van der Waals surface area contributed by atoms with Crippen molar-refractivity contribution < 1.29 is 22.8 Å². The van der Waals surface area contributed by atoms with Crippen molar-refractivity contribution in [3.63, 3.8) is 0 Å². The summed E-state index contributed by atoms with van der Waals surface area (Å²) in [5.74, 6) is -0.854. The Balaban J connectivity index is 3.32. The summed E-state index contributed by atoms with van der Waals surface area (Å²) in [5, 5.41) is 10.9. The zero-order chi connectivity index (χ0) is 13.2. The molecule has 0 heterocycles. The number of nitro groups is 1. The molecule has 0 N–H and O–H groups in total. The molecule has 0 fully saturated rings. The van der Waals surface area contributed by atoms with E-state index in [0.717, 1.165) is 6.07 Å². The van der Waals surface area contributed by atoms with Gasteiger partial charge in [-0.2, -0.15) is 0 Å². The van der Waals surface area contributed by atoms with E-state index in [9.17, 15) is 23.3 Å². The van der Waals surface area contributed by atoms with Gasteiger partial charge in [-0.3, -0.25) is 10.1 Å². The molecule has 94 valence electrons. The van der Waals surface area contributed by atoms with Gasteiger partial charge in [-0.05, 0) is 27.6 Å². The maximum Gasteiger partial charge on any atom is 0.573 e. The second kappa shape index (κ2) is 5.21. The van der Waals surface area contributed by atoms with Crippen molar-refractivity contribution in [1.29, 1.82) is 0 Å². The Morgan fingerprint density at radius 1 is 1.41 bits per heavy atom. The predicted octanol–water partition coefficient (Wildman–Crippen LogP) is 4.15. The quantitative estimate of drug-likeness (QED) is 0.451. The predicted molar refractivity (Wildman–Crippen MR) is 60.1 cm³/mol. The van der Waals surface area contributed by atoms with Gasteiger partial charge in [0.25, 0.3) is 0 Å². The van der Waals surface area contributed by atoms with Crippen molar-refractivity contribution in [3.05, 3.63) is 32.3 Å². The standard InChI is InChI=1S/C8H4Br2F3NO3/c9-3-4-1-5(10)7(17-8(11,12)13)6(2-4)14(15)16/h1-2H,3H2. The lowest BCUT2D eigenvalue weighted by Gasteiger charge is -2.11. The van der Waals surface area contributed by atoms with E-state index < -0.39 is 22.7 Å². The zero-order valence-corrected chi connectivity index (χ0v) is 11.1. The van der Waals surface area contributed by atoms with Crippen LogP contribution < -0.4 is 4.74 Å². The normalized spacial score (nSPS) is 11.4. The van der Waals surface area contributed by atoms with Crippen molar-refractivity contribution in [2.24, 2.45) is 0 Å². The van der Waals surface area contributed by atoms with Crippen LogP contribution in [0, 0.1) is 10.1 Å². The van der Waals surface area contributed by atoms with Crippen LogP contribution in [0.25, 0.3) is 0 Å². The van der Waals surface area contributed by atoms with Gasteiger partial charge in [0.1, 0.15) is 0 Å². The second-order valence-electron chi connectivity index (χ2n) is 2.86. The fourth-order valence-corrected chi connectivity index (χ4v) is 1.96. The molecule has 0 aromatic heterocycles. The van der Waals surface area contributed by atoms with E-state index in [-0.39, 0.29) is 9.80 Å². The molecule has 0 aliphatic rings. The van der Waals surface area contributed by atoms with Gasteiger partial charge in [0.15, 0.2) is 0 Å². The van der Waals surface area contributed by atoms with Gasteiger partial charge >= 0.3 is 12.0 Å². The maximum absolute atomic E-state index is 12.1. The average Bonchev–Trinajstić information content (AvgIpc) is 2.18. The van der Waals surface area contributed by atoms with E-state index in [2.05, 4.69) is 36.6 Å². The molecule has 17 heavy (non-hydrogen) atoms. The Kier molecular flexibility index (Phi) is 4.36. The summed E-state index contributed by atoms with van der Waals surface area (Å²) in [6, 6.07) is 2.32.